The van der Waals surface area contributed by atoms with E-state index in [1.165, 1.54) is 71.3 Å². The van der Waals surface area contributed by atoms with E-state index < -0.39 is 0 Å². The third-order valence-corrected chi connectivity index (χ3v) is 7.50. The molecule has 0 unspecified atom stereocenters. The summed E-state index contributed by atoms with van der Waals surface area (Å²) in [4.78, 5) is 0. The molecule has 0 saturated carbocycles. The first-order valence-corrected chi connectivity index (χ1v) is 15.7. The lowest BCUT2D eigenvalue weighted by molar-refractivity contribution is 1.50. The van der Waals surface area contributed by atoms with Gasteiger partial charge in [-0.1, -0.05) is 167 Å². The minimum atomic E-state index is 1.24. The second-order valence-electron chi connectivity index (χ2n) is 10.1. The molecule has 0 bridgehead atoms. The van der Waals surface area contributed by atoms with Crippen molar-refractivity contribution in [2.45, 2.75) is 41.5 Å². The summed E-state index contributed by atoms with van der Waals surface area (Å²) in [5.41, 5.74) is 8.87. The van der Waals surface area contributed by atoms with Crippen LogP contribution in [0.1, 0.15) is 40.2 Å². The van der Waals surface area contributed by atoms with Gasteiger partial charge in [0.05, 0.1) is 0 Å². The zero-order valence-corrected chi connectivity index (χ0v) is 26.9. The summed E-state index contributed by atoms with van der Waals surface area (Å²) in [6, 6.07) is 50.9. The Kier molecular flexibility index (Phi) is 11.1. The average molecular weight is 571 g/mol. The Morgan fingerprint density at radius 1 is 0.409 bits per heavy atom. The van der Waals surface area contributed by atoms with E-state index in [9.17, 15) is 0 Å². The Hall–Kier alpha value is -5.12. The second kappa shape index (κ2) is 15.4. The number of benzene rings is 7. The van der Waals surface area contributed by atoms with Crippen molar-refractivity contribution in [3.05, 3.63) is 145 Å². The van der Waals surface area contributed by atoms with Crippen LogP contribution in [0.5, 0.6) is 0 Å². The molecule has 0 heteroatoms. The van der Waals surface area contributed by atoms with Crippen LogP contribution in [0.3, 0.4) is 0 Å². The lowest BCUT2D eigenvalue weighted by atomic mass is 9.85. The van der Waals surface area contributed by atoms with E-state index in [1.807, 2.05) is 27.7 Å². The van der Waals surface area contributed by atoms with Gasteiger partial charge < -0.3 is 0 Å². The smallest absolute Gasteiger partial charge is 0.00261 e. The van der Waals surface area contributed by atoms with E-state index in [0.29, 0.717) is 0 Å². The Bertz CT molecular complexity index is 2000. The van der Waals surface area contributed by atoms with Gasteiger partial charge in [-0.25, -0.2) is 0 Å². The van der Waals surface area contributed by atoms with Crippen LogP contribution in [0.2, 0.25) is 0 Å². The van der Waals surface area contributed by atoms with Gasteiger partial charge in [0.1, 0.15) is 0 Å². The summed E-state index contributed by atoms with van der Waals surface area (Å²) >= 11 is 0. The van der Waals surface area contributed by atoms with Gasteiger partial charge in [0.15, 0.2) is 0 Å². The third kappa shape index (κ3) is 6.59. The first-order chi connectivity index (χ1) is 21.7. The van der Waals surface area contributed by atoms with Crippen LogP contribution in [0.4, 0.5) is 0 Å². The van der Waals surface area contributed by atoms with Crippen molar-refractivity contribution in [3.63, 3.8) is 0 Å². The first kappa shape index (κ1) is 31.8. The largest absolute Gasteiger partial charge is 0.120 e. The van der Waals surface area contributed by atoms with Crippen LogP contribution >= 0.6 is 0 Å². The van der Waals surface area contributed by atoms with E-state index >= 15 is 0 Å². The molecule has 44 heavy (non-hydrogen) atoms. The molecule has 0 fully saturated rings. The number of hydrogen-bond acceptors (Lipinski definition) is 0. The highest BCUT2D eigenvalue weighted by molar-refractivity contribution is 6.21. The monoisotopic (exact) mass is 570 g/mol. The maximum absolute atomic E-state index is 4.60. The van der Waals surface area contributed by atoms with Crippen LogP contribution in [0.15, 0.2) is 140 Å². The molecule has 0 aliphatic rings. The predicted octanol–water partition coefficient (Wildman–Crippen LogP) is 13.1. The van der Waals surface area contributed by atoms with Crippen molar-refractivity contribution in [1.29, 1.82) is 0 Å². The number of terminal acetylenes is 1. The average Bonchev–Trinajstić information content (AvgIpc) is 3.09. The normalized spacial score (nSPS) is 10.0. The van der Waals surface area contributed by atoms with Gasteiger partial charge in [-0.05, 0) is 85.6 Å². The van der Waals surface area contributed by atoms with Crippen molar-refractivity contribution in [1.82, 2.24) is 0 Å². The summed E-state index contributed by atoms with van der Waals surface area (Å²) in [5.74, 6) is 2.25. The summed E-state index contributed by atoms with van der Waals surface area (Å²) < 4.78 is 0. The summed E-state index contributed by atoms with van der Waals surface area (Å²) in [5, 5.41) is 7.71. The zero-order chi connectivity index (χ0) is 31.5. The molecule has 0 aliphatic carbocycles. The molecular weight excluding hydrogens is 528 g/mol. The topological polar surface area (TPSA) is 0 Å². The van der Waals surface area contributed by atoms with Crippen molar-refractivity contribution < 1.29 is 0 Å². The van der Waals surface area contributed by atoms with Gasteiger partial charge >= 0.3 is 0 Å². The van der Waals surface area contributed by atoms with Crippen LogP contribution in [-0.2, 0) is 0 Å². The Balaban J connectivity index is 0.000000586. The van der Waals surface area contributed by atoms with E-state index in [2.05, 4.69) is 159 Å². The van der Waals surface area contributed by atoms with Crippen molar-refractivity contribution >= 4 is 32.3 Å². The number of fused-ring (bicyclic) bond motifs is 3. The molecule has 0 aromatic heterocycles. The highest BCUT2D eigenvalue weighted by Gasteiger charge is 2.17. The fourth-order valence-corrected chi connectivity index (χ4v) is 5.72. The highest BCUT2D eigenvalue weighted by Crippen LogP contribution is 2.44. The molecule has 0 N–H and O–H groups in total. The van der Waals surface area contributed by atoms with Crippen LogP contribution in [0, 0.1) is 19.3 Å². The Morgan fingerprint density at radius 2 is 0.864 bits per heavy atom. The second-order valence-corrected chi connectivity index (χ2v) is 10.1. The molecule has 0 amide bonds. The van der Waals surface area contributed by atoms with E-state index in [4.69, 9.17) is 0 Å². The molecule has 0 saturated heterocycles. The highest BCUT2D eigenvalue weighted by atomic mass is 14.2. The number of aryl methyl sites for hydroxylation is 1. The lowest BCUT2D eigenvalue weighted by Crippen LogP contribution is -1.92. The molecule has 0 nitrogen and oxygen atoms in total. The first-order valence-electron chi connectivity index (χ1n) is 15.7. The molecule has 7 aromatic carbocycles. The predicted molar refractivity (Wildman–Crippen MR) is 197 cm³/mol. The van der Waals surface area contributed by atoms with E-state index in [0.717, 1.165) is 0 Å². The molecule has 0 atom stereocenters. The van der Waals surface area contributed by atoms with Gasteiger partial charge in [0.2, 0.25) is 0 Å². The molecular formula is C44H42. The molecule has 7 rings (SSSR count). The standard InChI is InChI=1S/C37H26.C3H4.2C2H6/c1-25-15-22-34-35(23-25)36(29-19-16-28(17-20-29)26-9-3-2-4-10-26)32-13-7-8-14-33(32)37(34)31-21-18-27-11-5-6-12-30(27)24-31;1-3-2;2*1-2/h2-24H,1H3;1H,2H3;2*1-2H3. The van der Waals surface area contributed by atoms with E-state index in [1.54, 1.807) is 6.92 Å². The van der Waals surface area contributed by atoms with Crippen LogP contribution < -0.4 is 0 Å². The molecule has 0 radical (unpaired) electrons. The molecule has 7 aromatic rings. The molecule has 0 heterocycles. The number of hydrogen-bond donors (Lipinski definition) is 0. The quantitative estimate of drug-likeness (QED) is 0.146. The summed E-state index contributed by atoms with van der Waals surface area (Å²) in [7, 11) is 0. The van der Waals surface area contributed by atoms with Crippen LogP contribution in [0.25, 0.3) is 65.7 Å². The SMILES string of the molecule is C#CC.CC.CC.Cc1ccc2c(-c3ccc4ccccc4c3)c3ccccc3c(-c3ccc(-c4ccccc4)cc3)c2c1. The Morgan fingerprint density at radius 3 is 1.50 bits per heavy atom. The van der Waals surface area contributed by atoms with Gasteiger partial charge in [0.25, 0.3) is 0 Å². The van der Waals surface area contributed by atoms with Crippen LogP contribution in [-0.4, -0.2) is 0 Å². The third-order valence-electron chi connectivity index (χ3n) is 7.50. The Labute approximate surface area is 264 Å². The zero-order valence-electron chi connectivity index (χ0n) is 26.9. The minimum Gasteiger partial charge on any atom is -0.120 e. The molecule has 218 valence electrons. The molecule has 0 spiro atoms. The van der Waals surface area contributed by atoms with Crippen molar-refractivity contribution in [2.24, 2.45) is 0 Å². The maximum Gasteiger partial charge on any atom is -0.00261 e. The van der Waals surface area contributed by atoms with Gasteiger partial charge in [0, 0.05) is 0 Å². The maximum atomic E-state index is 4.60. The fourth-order valence-electron chi connectivity index (χ4n) is 5.72. The lowest BCUT2D eigenvalue weighted by Gasteiger charge is -2.19. The van der Waals surface area contributed by atoms with Gasteiger partial charge in [-0.2, -0.15) is 0 Å². The fraction of sp³-hybridized carbons (Fsp3) is 0.136. The minimum absolute atomic E-state index is 1.24. The van der Waals surface area contributed by atoms with Crippen molar-refractivity contribution in [3.8, 4) is 45.7 Å². The van der Waals surface area contributed by atoms with Gasteiger partial charge in [-0.15, -0.1) is 12.3 Å². The number of rotatable bonds is 3. The van der Waals surface area contributed by atoms with Crippen molar-refractivity contribution in [2.75, 3.05) is 0 Å². The van der Waals surface area contributed by atoms with E-state index in [-0.39, 0.29) is 0 Å². The van der Waals surface area contributed by atoms with Gasteiger partial charge in [-0.3, -0.25) is 0 Å². The molecule has 0 aliphatic heterocycles. The summed E-state index contributed by atoms with van der Waals surface area (Å²) in [6.45, 7) is 11.8. The summed E-state index contributed by atoms with van der Waals surface area (Å²) in [6.07, 6.45) is 4.60.